The fraction of sp³-hybridized carbons (Fsp3) is 0.381. The summed E-state index contributed by atoms with van der Waals surface area (Å²) in [5, 5.41) is 5.68. The number of carbonyl (C=O) groups excluding carboxylic acids is 2. The summed E-state index contributed by atoms with van der Waals surface area (Å²) in [6.07, 6.45) is 4.86. The fourth-order valence-corrected chi connectivity index (χ4v) is 2.72. The van der Waals surface area contributed by atoms with Crippen molar-refractivity contribution in [3.63, 3.8) is 0 Å². The van der Waals surface area contributed by atoms with Crippen LogP contribution in [-0.2, 0) is 0 Å². The molecule has 0 fully saturated rings. The molecule has 0 saturated heterocycles. The molecular weight excluding hydrogens is 340 g/mol. The Morgan fingerprint density at radius 2 is 1.59 bits per heavy atom. The zero-order valence-electron chi connectivity index (χ0n) is 16.3. The monoisotopic (exact) mass is 368 g/mol. The minimum Gasteiger partial charge on any atom is -0.372 e. The molecule has 1 heterocycles. The second kappa shape index (κ2) is 10.3. The summed E-state index contributed by atoms with van der Waals surface area (Å²) >= 11 is 0. The highest BCUT2D eigenvalue weighted by Crippen LogP contribution is 2.18. The maximum Gasteiger partial charge on any atom is 0.257 e. The van der Waals surface area contributed by atoms with Crippen LogP contribution in [0.15, 0.2) is 42.7 Å². The smallest absolute Gasteiger partial charge is 0.257 e. The lowest BCUT2D eigenvalue weighted by atomic mass is 10.1. The highest BCUT2D eigenvalue weighted by Gasteiger charge is 2.12. The van der Waals surface area contributed by atoms with Gasteiger partial charge in [0.2, 0.25) is 0 Å². The van der Waals surface area contributed by atoms with E-state index in [4.69, 9.17) is 0 Å². The molecule has 0 radical (unpaired) electrons. The molecule has 0 spiro atoms. The van der Waals surface area contributed by atoms with Crippen LogP contribution >= 0.6 is 0 Å². The first-order valence-electron chi connectivity index (χ1n) is 9.48. The molecule has 27 heavy (non-hydrogen) atoms. The molecule has 0 saturated carbocycles. The Hall–Kier alpha value is -2.89. The molecule has 1 aromatic carbocycles. The SMILES string of the molecule is CCCCNC(=O)c1cncc(C(=O)Nc2ccc(N(CC)CC)cc2)c1. The molecule has 144 valence electrons. The fourth-order valence-electron chi connectivity index (χ4n) is 2.72. The Balaban J connectivity index is 2.03. The van der Waals surface area contributed by atoms with Crippen molar-refractivity contribution in [2.75, 3.05) is 29.9 Å². The number of nitrogens with one attached hydrogen (secondary N) is 2. The lowest BCUT2D eigenvalue weighted by Gasteiger charge is -2.21. The number of hydrogen-bond donors (Lipinski definition) is 2. The second-order valence-electron chi connectivity index (χ2n) is 6.25. The zero-order chi connectivity index (χ0) is 19.6. The van der Waals surface area contributed by atoms with Crippen molar-refractivity contribution in [3.05, 3.63) is 53.9 Å². The van der Waals surface area contributed by atoms with E-state index in [2.05, 4.69) is 41.3 Å². The Labute approximate surface area is 161 Å². The second-order valence-corrected chi connectivity index (χ2v) is 6.25. The van der Waals surface area contributed by atoms with E-state index in [1.54, 1.807) is 6.07 Å². The molecule has 2 rings (SSSR count). The standard InChI is InChI=1S/C21H28N4O2/c1-4-7-12-23-20(26)16-13-17(15-22-14-16)21(27)24-18-8-10-19(11-9-18)25(5-2)6-3/h8-11,13-15H,4-7,12H2,1-3H3,(H,23,26)(H,24,27). The molecule has 6 nitrogen and oxygen atoms in total. The van der Waals surface area contributed by atoms with Crippen molar-refractivity contribution in [2.45, 2.75) is 33.6 Å². The van der Waals surface area contributed by atoms with E-state index in [1.807, 2.05) is 24.3 Å². The summed E-state index contributed by atoms with van der Waals surface area (Å²) in [6.45, 7) is 8.76. The number of unbranched alkanes of at least 4 members (excludes halogenated alkanes) is 1. The number of pyridine rings is 1. The van der Waals surface area contributed by atoms with Gasteiger partial charge in [-0.1, -0.05) is 13.3 Å². The Kier molecular flexibility index (Phi) is 7.79. The van der Waals surface area contributed by atoms with Crippen molar-refractivity contribution >= 4 is 23.2 Å². The lowest BCUT2D eigenvalue weighted by molar-refractivity contribution is 0.0953. The number of rotatable bonds is 9. The molecule has 0 bridgehead atoms. The van der Waals surface area contributed by atoms with Gasteiger partial charge in [-0.2, -0.15) is 0 Å². The highest BCUT2D eigenvalue weighted by molar-refractivity contribution is 6.05. The number of nitrogens with zero attached hydrogens (tertiary/aromatic N) is 2. The van der Waals surface area contributed by atoms with Crippen LogP contribution in [0.25, 0.3) is 0 Å². The minimum absolute atomic E-state index is 0.214. The first-order valence-corrected chi connectivity index (χ1v) is 9.48. The van der Waals surface area contributed by atoms with Crippen molar-refractivity contribution < 1.29 is 9.59 Å². The van der Waals surface area contributed by atoms with Gasteiger partial charge in [-0.05, 0) is 50.6 Å². The molecule has 2 amide bonds. The van der Waals surface area contributed by atoms with E-state index in [9.17, 15) is 9.59 Å². The average molecular weight is 368 g/mol. The van der Waals surface area contributed by atoms with E-state index in [-0.39, 0.29) is 11.8 Å². The molecular formula is C21H28N4O2. The van der Waals surface area contributed by atoms with Gasteiger partial charge in [0, 0.05) is 43.4 Å². The molecule has 0 aliphatic rings. The van der Waals surface area contributed by atoms with Crippen molar-refractivity contribution in [1.29, 1.82) is 0 Å². The van der Waals surface area contributed by atoms with Crippen LogP contribution in [-0.4, -0.2) is 36.4 Å². The molecule has 0 atom stereocenters. The summed E-state index contributed by atoms with van der Waals surface area (Å²) in [7, 11) is 0. The first-order chi connectivity index (χ1) is 13.1. The third-order valence-corrected chi connectivity index (χ3v) is 4.33. The largest absolute Gasteiger partial charge is 0.372 e. The Morgan fingerprint density at radius 3 is 2.19 bits per heavy atom. The van der Waals surface area contributed by atoms with Crippen LogP contribution < -0.4 is 15.5 Å². The van der Waals surface area contributed by atoms with Gasteiger partial charge in [0.25, 0.3) is 11.8 Å². The van der Waals surface area contributed by atoms with Crippen LogP contribution in [0.4, 0.5) is 11.4 Å². The Morgan fingerprint density at radius 1 is 0.963 bits per heavy atom. The van der Waals surface area contributed by atoms with Gasteiger partial charge in [0.15, 0.2) is 0 Å². The number of hydrogen-bond acceptors (Lipinski definition) is 4. The number of anilines is 2. The number of benzene rings is 1. The van der Waals surface area contributed by atoms with E-state index in [0.29, 0.717) is 23.4 Å². The van der Waals surface area contributed by atoms with E-state index in [1.165, 1.54) is 12.4 Å². The average Bonchev–Trinajstić information content (AvgIpc) is 2.70. The van der Waals surface area contributed by atoms with Gasteiger partial charge in [0.1, 0.15) is 0 Å². The molecule has 0 aliphatic carbocycles. The molecule has 1 aromatic heterocycles. The summed E-state index contributed by atoms with van der Waals surface area (Å²) < 4.78 is 0. The molecule has 2 aromatic rings. The third kappa shape index (κ3) is 5.81. The van der Waals surface area contributed by atoms with Crippen LogP contribution in [0.3, 0.4) is 0 Å². The summed E-state index contributed by atoms with van der Waals surface area (Å²) in [5.41, 5.74) is 2.56. The van der Waals surface area contributed by atoms with Crippen LogP contribution in [0.2, 0.25) is 0 Å². The van der Waals surface area contributed by atoms with Crippen molar-refractivity contribution in [2.24, 2.45) is 0 Å². The van der Waals surface area contributed by atoms with Gasteiger partial charge in [-0.3, -0.25) is 14.6 Å². The zero-order valence-corrected chi connectivity index (χ0v) is 16.3. The van der Waals surface area contributed by atoms with Gasteiger partial charge in [-0.25, -0.2) is 0 Å². The van der Waals surface area contributed by atoms with Gasteiger partial charge < -0.3 is 15.5 Å². The van der Waals surface area contributed by atoms with Crippen molar-refractivity contribution in [3.8, 4) is 0 Å². The summed E-state index contributed by atoms with van der Waals surface area (Å²) in [6, 6.07) is 9.28. The maximum absolute atomic E-state index is 12.5. The predicted octanol–water partition coefficient (Wildman–Crippen LogP) is 3.71. The summed E-state index contributed by atoms with van der Waals surface area (Å²) in [4.78, 5) is 30.9. The highest BCUT2D eigenvalue weighted by atomic mass is 16.2. The quantitative estimate of drug-likeness (QED) is 0.662. The van der Waals surface area contributed by atoms with E-state index in [0.717, 1.165) is 31.6 Å². The van der Waals surface area contributed by atoms with Crippen LogP contribution in [0, 0.1) is 0 Å². The topological polar surface area (TPSA) is 74.3 Å². The van der Waals surface area contributed by atoms with Gasteiger partial charge in [0.05, 0.1) is 11.1 Å². The molecule has 0 aliphatic heterocycles. The number of aromatic nitrogens is 1. The normalized spacial score (nSPS) is 10.3. The van der Waals surface area contributed by atoms with Gasteiger partial charge >= 0.3 is 0 Å². The third-order valence-electron chi connectivity index (χ3n) is 4.33. The molecule has 0 unspecified atom stereocenters. The molecule has 6 heteroatoms. The molecule has 2 N–H and O–H groups in total. The predicted molar refractivity (Wildman–Crippen MR) is 109 cm³/mol. The van der Waals surface area contributed by atoms with E-state index >= 15 is 0 Å². The van der Waals surface area contributed by atoms with Crippen molar-refractivity contribution in [1.82, 2.24) is 10.3 Å². The first kappa shape index (κ1) is 20.4. The Bertz CT molecular complexity index is 755. The summed E-state index contributed by atoms with van der Waals surface area (Å²) in [5.74, 6) is -0.504. The lowest BCUT2D eigenvalue weighted by Crippen LogP contribution is -2.25. The van der Waals surface area contributed by atoms with Crippen LogP contribution in [0.5, 0.6) is 0 Å². The van der Waals surface area contributed by atoms with Crippen LogP contribution in [0.1, 0.15) is 54.3 Å². The minimum atomic E-state index is -0.290. The number of carbonyl (C=O) groups is 2. The van der Waals surface area contributed by atoms with Gasteiger partial charge in [-0.15, -0.1) is 0 Å². The van der Waals surface area contributed by atoms with E-state index < -0.39 is 0 Å². The number of amides is 2. The maximum atomic E-state index is 12.5.